The predicted molar refractivity (Wildman–Crippen MR) is 65.2 cm³/mol. The van der Waals surface area contributed by atoms with Crippen LogP contribution >= 0.6 is 12.6 Å². The minimum atomic E-state index is -0.182. The van der Waals surface area contributed by atoms with Crippen molar-refractivity contribution < 1.29 is 14.3 Å². The Kier molecular flexibility index (Phi) is 5.19. The molecule has 0 saturated carbocycles. The van der Waals surface area contributed by atoms with Gasteiger partial charge in [0.15, 0.2) is 0 Å². The molecule has 1 aromatic rings. The Morgan fingerprint density at radius 1 is 1.44 bits per heavy atom. The predicted octanol–water partition coefficient (Wildman–Crippen LogP) is 2.48. The van der Waals surface area contributed by atoms with Gasteiger partial charge < -0.3 is 9.47 Å². The van der Waals surface area contributed by atoms with E-state index < -0.39 is 0 Å². The molecule has 0 spiro atoms. The first-order valence-corrected chi connectivity index (χ1v) is 5.63. The average Bonchev–Trinajstić information content (AvgIpc) is 2.28. The number of carbonyl (C=O) groups is 1. The first kappa shape index (κ1) is 12.9. The summed E-state index contributed by atoms with van der Waals surface area (Å²) in [6.45, 7) is 2.22. The summed E-state index contributed by atoms with van der Waals surface area (Å²) >= 11 is 4.33. The second-order valence-electron chi connectivity index (χ2n) is 3.30. The maximum absolute atomic E-state index is 11.2. The standard InChI is InChI=1S/C12H16O3S/c1-3-15-12(13)7-4-9-8-10(14-2)5-6-11(9)16/h5-6,8,16H,3-4,7H2,1-2H3. The van der Waals surface area contributed by atoms with Gasteiger partial charge in [0.25, 0.3) is 0 Å². The van der Waals surface area contributed by atoms with Crippen LogP contribution < -0.4 is 4.74 Å². The summed E-state index contributed by atoms with van der Waals surface area (Å²) < 4.78 is 9.98. The lowest BCUT2D eigenvalue weighted by atomic mass is 10.1. The molecule has 0 fully saturated rings. The van der Waals surface area contributed by atoms with E-state index >= 15 is 0 Å². The molecular formula is C12H16O3S. The van der Waals surface area contributed by atoms with Crippen molar-refractivity contribution in [3.05, 3.63) is 23.8 Å². The fourth-order valence-corrected chi connectivity index (χ4v) is 1.61. The molecule has 0 heterocycles. The zero-order valence-electron chi connectivity index (χ0n) is 9.53. The fraction of sp³-hybridized carbons (Fsp3) is 0.417. The third-order valence-electron chi connectivity index (χ3n) is 2.19. The summed E-state index contributed by atoms with van der Waals surface area (Å²) in [7, 11) is 1.61. The summed E-state index contributed by atoms with van der Waals surface area (Å²) in [5, 5.41) is 0. The number of aryl methyl sites for hydroxylation is 1. The number of ether oxygens (including phenoxy) is 2. The number of benzene rings is 1. The Balaban J connectivity index is 2.62. The number of carbonyl (C=O) groups excluding carboxylic acids is 1. The minimum absolute atomic E-state index is 0.182. The van der Waals surface area contributed by atoms with Crippen molar-refractivity contribution in [1.29, 1.82) is 0 Å². The van der Waals surface area contributed by atoms with Gasteiger partial charge in [0.2, 0.25) is 0 Å². The summed E-state index contributed by atoms with van der Waals surface area (Å²) in [6, 6.07) is 5.60. The highest BCUT2D eigenvalue weighted by molar-refractivity contribution is 7.80. The molecule has 0 aliphatic carbocycles. The van der Waals surface area contributed by atoms with Gasteiger partial charge in [-0.25, -0.2) is 0 Å². The SMILES string of the molecule is CCOC(=O)CCc1cc(OC)ccc1S. The van der Waals surface area contributed by atoms with E-state index in [0.717, 1.165) is 16.2 Å². The van der Waals surface area contributed by atoms with Gasteiger partial charge >= 0.3 is 5.97 Å². The highest BCUT2D eigenvalue weighted by atomic mass is 32.1. The molecule has 16 heavy (non-hydrogen) atoms. The maximum atomic E-state index is 11.2. The van der Waals surface area contributed by atoms with Crippen LogP contribution in [0.5, 0.6) is 5.75 Å². The van der Waals surface area contributed by atoms with Crippen molar-refractivity contribution in [2.45, 2.75) is 24.7 Å². The molecule has 0 atom stereocenters. The molecule has 0 aliphatic rings. The van der Waals surface area contributed by atoms with Crippen molar-refractivity contribution in [2.75, 3.05) is 13.7 Å². The highest BCUT2D eigenvalue weighted by Crippen LogP contribution is 2.21. The Bertz CT molecular complexity index is 363. The number of methoxy groups -OCH3 is 1. The van der Waals surface area contributed by atoms with Crippen LogP contribution in [0.2, 0.25) is 0 Å². The molecule has 0 radical (unpaired) electrons. The van der Waals surface area contributed by atoms with E-state index in [9.17, 15) is 4.79 Å². The molecular weight excluding hydrogens is 224 g/mol. The zero-order chi connectivity index (χ0) is 12.0. The summed E-state index contributed by atoms with van der Waals surface area (Å²) in [4.78, 5) is 12.1. The van der Waals surface area contributed by atoms with Gasteiger partial charge in [-0.1, -0.05) is 0 Å². The number of hydrogen-bond acceptors (Lipinski definition) is 4. The van der Waals surface area contributed by atoms with Crippen molar-refractivity contribution in [3.8, 4) is 5.75 Å². The first-order chi connectivity index (χ1) is 7.67. The first-order valence-electron chi connectivity index (χ1n) is 5.19. The van der Waals surface area contributed by atoms with Gasteiger partial charge in [-0.15, -0.1) is 12.6 Å². The third-order valence-corrected chi connectivity index (χ3v) is 2.63. The van der Waals surface area contributed by atoms with E-state index in [1.165, 1.54) is 0 Å². The van der Waals surface area contributed by atoms with Crippen LogP contribution in [0.25, 0.3) is 0 Å². The number of thiol groups is 1. The molecule has 0 amide bonds. The van der Waals surface area contributed by atoms with Gasteiger partial charge in [-0.05, 0) is 37.1 Å². The molecule has 1 rings (SSSR count). The molecule has 4 heteroatoms. The Labute approximate surface area is 101 Å². The van der Waals surface area contributed by atoms with Crippen molar-refractivity contribution in [3.63, 3.8) is 0 Å². The molecule has 0 aliphatic heterocycles. The molecule has 3 nitrogen and oxygen atoms in total. The molecule has 1 aromatic carbocycles. The van der Waals surface area contributed by atoms with Gasteiger partial charge in [-0.2, -0.15) is 0 Å². The largest absolute Gasteiger partial charge is 0.497 e. The number of hydrogen-bond donors (Lipinski definition) is 1. The van der Waals surface area contributed by atoms with E-state index in [0.29, 0.717) is 19.4 Å². The normalized spacial score (nSPS) is 9.94. The van der Waals surface area contributed by atoms with Crippen LogP contribution in [0, 0.1) is 0 Å². The van der Waals surface area contributed by atoms with Crippen LogP contribution in [-0.4, -0.2) is 19.7 Å². The van der Waals surface area contributed by atoms with E-state index in [4.69, 9.17) is 9.47 Å². The number of esters is 1. The highest BCUT2D eigenvalue weighted by Gasteiger charge is 2.06. The molecule has 0 unspecified atom stereocenters. The van der Waals surface area contributed by atoms with Gasteiger partial charge in [0, 0.05) is 11.3 Å². The van der Waals surface area contributed by atoms with Gasteiger partial charge in [0.05, 0.1) is 13.7 Å². The second-order valence-corrected chi connectivity index (χ2v) is 3.78. The van der Waals surface area contributed by atoms with E-state index in [1.54, 1.807) is 14.0 Å². The minimum Gasteiger partial charge on any atom is -0.497 e. The second kappa shape index (κ2) is 6.43. The van der Waals surface area contributed by atoms with Gasteiger partial charge in [-0.3, -0.25) is 4.79 Å². The quantitative estimate of drug-likeness (QED) is 0.634. The lowest BCUT2D eigenvalue weighted by Crippen LogP contribution is -2.05. The smallest absolute Gasteiger partial charge is 0.306 e. The number of rotatable bonds is 5. The van der Waals surface area contributed by atoms with E-state index in [1.807, 2.05) is 18.2 Å². The Morgan fingerprint density at radius 2 is 2.19 bits per heavy atom. The van der Waals surface area contributed by atoms with Gasteiger partial charge in [0.1, 0.15) is 5.75 Å². The lowest BCUT2D eigenvalue weighted by molar-refractivity contribution is -0.143. The fourth-order valence-electron chi connectivity index (χ4n) is 1.36. The van der Waals surface area contributed by atoms with Crippen LogP contribution in [0.15, 0.2) is 23.1 Å². The van der Waals surface area contributed by atoms with E-state index in [2.05, 4.69) is 12.6 Å². The van der Waals surface area contributed by atoms with Crippen LogP contribution in [0.4, 0.5) is 0 Å². The lowest BCUT2D eigenvalue weighted by Gasteiger charge is -2.07. The zero-order valence-corrected chi connectivity index (χ0v) is 10.4. The molecule has 88 valence electrons. The average molecular weight is 240 g/mol. The molecule has 0 saturated heterocycles. The molecule has 0 bridgehead atoms. The van der Waals surface area contributed by atoms with Crippen molar-refractivity contribution in [2.24, 2.45) is 0 Å². The van der Waals surface area contributed by atoms with Crippen molar-refractivity contribution >= 4 is 18.6 Å². The monoisotopic (exact) mass is 240 g/mol. The topological polar surface area (TPSA) is 35.5 Å². The Morgan fingerprint density at radius 3 is 2.81 bits per heavy atom. The third kappa shape index (κ3) is 3.77. The summed E-state index contributed by atoms with van der Waals surface area (Å²) in [5.74, 6) is 0.592. The molecule has 0 aromatic heterocycles. The maximum Gasteiger partial charge on any atom is 0.306 e. The van der Waals surface area contributed by atoms with Crippen molar-refractivity contribution in [1.82, 2.24) is 0 Å². The van der Waals surface area contributed by atoms with Crippen LogP contribution in [0.3, 0.4) is 0 Å². The summed E-state index contributed by atoms with van der Waals surface area (Å²) in [5.41, 5.74) is 0.996. The van der Waals surface area contributed by atoms with Crippen LogP contribution in [0.1, 0.15) is 18.9 Å². The Hall–Kier alpha value is -1.16. The molecule has 0 N–H and O–H groups in total. The van der Waals surface area contributed by atoms with E-state index in [-0.39, 0.29) is 5.97 Å². The summed E-state index contributed by atoms with van der Waals surface area (Å²) in [6.07, 6.45) is 0.990. The van der Waals surface area contributed by atoms with Crippen LogP contribution in [-0.2, 0) is 16.0 Å².